The molecular weight excluding hydrogens is 249 g/mol. The molecule has 0 spiro atoms. The highest BCUT2D eigenvalue weighted by Crippen LogP contribution is 2.13. The van der Waals surface area contributed by atoms with E-state index in [0.717, 1.165) is 5.69 Å². The molecule has 6 heteroatoms. The maximum Gasteiger partial charge on any atom is 0.253 e. The van der Waals surface area contributed by atoms with Crippen molar-refractivity contribution in [2.75, 3.05) is 25.5 Å². The largest absolute Gasteiger partial charge is 0.387 e. The Hall–Kier alpha value is -0.970. The van der Waals surface area contributed by atoms with Gasteiger partial charge in [-0.3, -0.25) is 4.79 Å². The van der Waals surface area contributed by atoms with Crippen molar-refractivity contribution in [3.05, 3.63) is 29.8 Å². The number of carbonyl (C=O) groups is 1. The lowest BCUT2D eigenvalue weighted by atomic mass is 10.1. The van der Waals surface area contributed by atoms with Crippen LogP contribution < -0.4 is 16.4 Å². The highest BCUT2D eigenvalue weighted by molar-refractivity contribution is 5.99. The summed E-state index contributed by atoms with van der Waals surface area (Å²) in [6, 6.07) is 7.35. The number of halogens is 2. The van der Waals surface area contributed by atoms with Gasteiger partial charge in [0.2, 0.25) is 0 Å². The van der Waals surface area contributed by atoms with Gasteiger partial charge in [0.05, 0.1) is 5.56 Å². The van der Waals surface area contributed by atoms with E-state index in [4.69, 9.17) is 5.73 Å². The molecule has 0 aromatic heterocycles. The van der Waals surface area contributed by atoms with E-state index in [1.54, 1.807) is 13.1 Å². The quantitative estimate of drug-likeness (QED) is 0.768. The molecule has 0 aliphatic heterocycles. The molecule has 16 heavy (non-hydrogen) atoms. The van der Waals surface area contributed by atoms with E-state index < -0.39 is 0 Å². The summed E-state index contributed by atoms with van der Waals surface area (Å²) in [5.74, 6) is -0.0969. The molecule has 1 rings (SSSR count). The number of nitrogens with two attached hydrogens (primary N) is 1. The Morgan fingerprint density at radius 3 is 2.50 bits per heavy atom. The Labute approximate surface area is 108 Å². The fourth-order valence-corrected chi connectivity index (χ4v) is 1.18. The Bertz CT molecular complexity index is 321. The van der Waals surface area contributed by atoms with E-state index in [1.807, 2.05) is 18.2 Å². The fourth-order valence-electron chi connectivity index (χ4n) is 1.18. The van der Waals surface area contributed by atoms with Gasteiger partial charge in [0, 0.05) is 25.8 Å². The van der Waals surface area contributed by atoms with Gasteiger partial charge in [0.1, 0.15) is 0 Å². The summed E-state index contributed by atoms with van der Waals surface area (Å²) in [7, 11) is 1.79. The number of para-hydroxylation sites is 1. The zero-order valence-electron chi connectivity index (χ0n) is 9.03. The second kappa shape index (κ2) is 9.27. The van der Waals surface area contributed by atoms with Crippen molar-refractivity contribution in [3.8, 4) is 0 Å². The standard InChI is InChI=1S/C10H15N3O.2ClH/c1-12-9-5-3-2-4-8(9)10(14)13-7-6-11;;/h2-5,12H,6-7,11H2,1H3,(H,13,14);2*1H. The monoisotopic (exact) mass is 265 g/mol. The Morgan fingerprint density at radius 2 is 1.94 bits per heavy atom. The SMILES string of the molecule is CNc1ccccc1C(=O)NCCN.Cl.Cl. The van der Waals surface area contributed by atoms with E-state index >= 15 is 0 Å². The zero-order valence-corrected chi connectivity index (χ0v) is 10.7. The van der Waals surface area contributed by atoms with Crippen LogP contribution >= 0.6 is 24.8 Å². The van der Waals surface area contributed by atoms with Gasteiger partial charge >= 0.3 is 0 Å². The second-order valence-electron chi connectivity index (χ2n) is 2.84. The molecule has 92 valence electrons. The lowest BCUT2D eigenvalue weighted by Crippen LogP contribution is -2.29. The topological polar surface area (TPSA) is 67.2 Å². The molecule has 0 fully saturated rings. The number of benzene rings is 1. The Morgan fingerprint density at radius 1 is 1.31 bits per heavy atom. The van der Waals surface area contributed by atoms with Gasteiger partial charge < -0.3 is 16.4 Å². The molecule has 1 aromatic rings. The van der Waals surface area contributed by atoms with Crippen LogP contribution in [0.25, 0.3) is 0 Å². The van der Waals surface area contributed by atoms with Gasteiger partial charge in [-0.25, -0.2) is 0 Å². The molecule has 0 saturated heterocycles. The van der Waals surface area contributed by atoms with Crippen LogP contribution in [0.15, 0.2) is 24.3 Å². The molecular formula is C10H17Cl2N3O. The summed E-state index contributed by atoms with van der Waals surface area (Å²) in [6.07, 6.45) is 0. The number of amides is 1. The van der Waals surface area contributed by atoms with Crippen molar-refractivity contribution >= 4 is 36.4 Å². The number of anilines is 1. The second-order valence-corrected chi connectivity index (χ2v) is 2.84. The summed E-state index contributed by atoms with van der Waals surface area (Å²) in [5, 5.41) is 5.68. The van der Waals surface area contributed by atoms with Gasteiger partial charge in [-0.2, -0.15) is 0 Å². The Balaban J connectivity index is 0. The van der Waals surface area contributed by atoms with Gasteiger partial charge in [0.25, 0.3) is 5.91 Å². The number of nitrogens with one attached hydrogen (secondary N) is 2. The third kappa shape index (κ3) is 4.70. The summed E-state index contributed by atoms with van der Waals surface area (Å²) < 4.78 is 0. The minimum atomic E-state index is -0.0969. The van der Waals surface area contributed by atoms with Gasteiger partial charge in [0.15, 0.2) is 0 Å². The molecule has 0 aliphatic rings. The minimum Gasteiger partial charge on any atom is -0.387 e. The van der Waals surface area contributed by atoms with Gasteiger partial charge in [-0.15, -0.1) is 24.8 Å². The number of hydrogen-bond donors (Lipinski definition) is 3. The van der Waals surface area contributed by atoms with Crippen LogP contribution in [0.2, 0.25) is 0 Å². The van der Waals surface area contributed by atoms with Crippen molar-refractivity contribution in [2.45, 2.75) is 0 Å². The van der Waals surface area contributed by atoms with Crippen molar-refractivity contribution in [1.29, 1.82) is 0 Å². The number of rotatable bonds is 4. The molecule has 0 aliphatic carbocycles. The molecule has 0 unspecified atom stereocenters. The normalized spacial score (nSPS) is 8.38. The average molecular weight is 266 g/mol. The summed E-state index contributed by atoms with van der Waals surface area (Å²) in [4.78, 5) is 11.6. The van der Waals surface area contributed by atoms with Crippen LogP contribution in [0.5, 0.6) is 0 Å². The average Bonchev–Trinajstić information content (AvgIpc) is 2.25. The molecule has 0 saturated carbocycles. The highest BCUT2D eigenvalue weighted by atomic mass is 35.5. The summed E-state index contributed by atoms with van der Waals surface area (Å²) >= 11 is 0. The highest BCUT2D eigenvalue weighted by Gasteiger charge is 2.07. The van der Waals surface area contributed by atoms with Crippen molar-refractivity contribution < 1.29 is 4.79 Å². The minimum absolute atomic E-state index is 0. The van der Waals surface area contributed by atoms with Crippen molar-refractivity contribution in [3.63, 3.8) is 0 Å². The molecule has 0 heterocycles. The van der Waals surface area contributed by atoms with E-state index in [1.165, 1.54) is 0 Å². The van der Waals surface area contributed by atoms with E-state index in [-0.39, 0.29) is 30.7 Å². The first-order valence-corrected chi connectivity index (χ1v) is 4.54. The molecule has 0 atom stereocenters. The lowest BCUT2D eigenvalue weighted by Gasteiger charge is -2.08. The predicted octanol–water partition coefficient (Wildman–Crippen LogP) is 1.26. The third-order valence-corrected chi connectivity index (χ3v) is 1.87. The van der Waals surface area contributed by atoms with E-state index in [9.17, 15) is 4.79 Å². The molecule has 0 radical (unpaired) electrons. The fraction of sp³-hybridized carbons (Fsp3) is 0.300. The number of hydrogen-bond acceptors (Lipinski definition) is 3. The van der Waals surface area contributed by atoms with E-state index in [2.05, 4.69) is 10.6 Å². The maximum absolute atomic E-state index is 11.6. The molecule has 0 bridgehead atoms. The maximum atomic E-state index is 11.6. The molecule has 1 amide bonds. The van der Waals surface area contributed by atoms with Crippen molar-refractivity contribution in [2.24, 2.45) is 5.73 Å². The van der Waals surface area contributed by atoms with Crippen LogP contribution in [0, 0.1) is 0 Å². The first-order chi connectivity index (χ1) is 6.79. The summed E-state index contributed by atoms with van der Waals surface area (Å²) in [5.41, 5.74) is 6.76. The Kier molecular flexibility index (Phi) is 10.1. The molecule has 1 aromatic carbocycles. The van der Waals surface area contributed by atoms with Crippen LogP contribution in [0.3, 0.4) is 0 Å². The first kappa shape index (κ1) is 17.4. The zero-order chi connectivity index (χ0) is 10.4. The van der Waals surface area contributed by atoms with Crippen molar-refractivity contribution in [1.82, 2.24) is 5.32 Å². The van der Waals surface area contributed by atoms with Gasteiger partial charge in [-0.05, 0) is 12.1 Å². The molecule has 4 N–H and O–H groups in total. The third-order valence-electron chi connectivity index (χ3n) is 1.87. The van der Waals surface area contributed by atoms with Gasteiger partial charge in [-0.1, -0.05) is 12.1 Å². The van der Waals surface area contributed by atoms with E-state index in [0.29, 0.717) is 18.7 Å². The smallest absolute Gasteiger partial charge is 0.253 e. The lowest BCUT2D eigenvalue weighted by molar-refractivity contribution is 0.0955. The summed E-state index contributed by atoms with van der Waals surface area (Å²) in [6.45, 7) is 0.949. The van der Waals surface area contributed by atoms with Crippen LogP contribution in [-0.2, 0) is 0 Å². The number of carbonyl (C=O) groups excluding carboxylic acids is 1. The molecule has 4 nitrogen and oxygen atoms in total. The predicted molar refractivity (Wildman–Crippen MR) is 71.9 cm³/mol. The van der Waals surface area contributed by atoms with Crippen LogP contribution in [0.1, 0.15) is 10.4 Å². The van der Waals surface area contributed by atoms with Crippen LogP contribution in [0.4, 0.5) is 5.69 Å². The first-order valence-electron chi connectivity index (χ1n) is 4.54. The van der Waals surface area contributed by atoms with Crippen LogP contribution in [-0.4, -0.2) is 26.0 Å².